The van der Waals surface area contributed by atoms with E-state index in [0.717, 1.165) is 38.5 Å². The molecule has 0 heterocycles. The second-order valence-corrected chi connectivity index (χ2v) is 6.57. The summed E-state index contributed by atoms with van der Waals surface area (Å²) in [7, 11) is 0. The Kier molecular flexibility index (Phi) is 5.62. The zero-order chi connectivity index (χ0) is 15.3. The molecule has 0 aliphatic heterocycles. The van der Waals surface area contributed by atoms with Gasteiger partial charge in [0.25, 0.3) is 0 Å². The third-order valence-corrected chi connectivity index (χ3v) is 5.15. The maximum absolute atomic E-state index is 12.6. The van der Waals surface area contributed by atoms with Crippen molar-refractivity contribution >= 4 is 11.9 Å². The molecule has 2 aliphatic rings. The normalized spacial score (nSPS) is 21.6. The van der Waals surface area contributed by atoms with E-state index in [9.17, 15) is 14.7 Å². The molecule has 0 radical (unpaired) electrons. The van der Waals surface area contributed by atoms with Gasteiger partial charge in [-0.3, -0.25) is 9.59 Å². The molecule has 0 aromatic rings. The van der Waals surface area contributed by atoms with E-state index in [4.69, 9.17) is 5.11 Å². The van der Waals surface area contributed by atoms with Crippen molar-refractivity contribution in [1.29, 1.82) is 0 Å². The number of carbonyl (C=O) groups excluding carboxylic acids is 1. The lowest BCUT2D eigenvalue weighted by Crippen LogP contribution is -2.48. The van der Waals surface area contributed by atoms with Crippen LogP contribution in [0.4, 0.5) is 0 Å². The van der Waals surface area contributed by atoms with Gasteiger partial charge in [0.15, 0.2) is 0 Å². The first-order valence-electron chi connectivity index (χ1n) is 8.23. The van der Waals surface area contributed by atoms with Crippen molar-refractivity contribution in [3.63, 3.8) is 0 Å². The number of amides is 1. The molecule has 2 saturated carbocycles. The molecule has 0 aromatic heterocycles. The van der Waals surface area contributed by atoms with Crippen LogP contribution in [0.1, 0.15) is 64.2 Å². The average molecular weight is 297 g/mol. The van der Waals surface area contributed by atoms with Crippen molar-refractivity contribution in [1.82, 2.24) is 4.90 Å². The summed E-state index contributed by atoms with van der Waals surface area (Å²) in [4.78, 5) is 26.2. The topological polar surface area (TPSA) is 77.8 Å². The summed E-state index contributed by atoms with van der Waals surface area (Å²) >= 11 is 0. The predicted octanol–water partition coefficient (Wildman–Crippen LogP) is 2.18. The van der Waals surface area contributed by atoms with Crippen LogP contribution in [0.3, 0.4) is 0 Å². The van der Waals surface area contributed by atoms with Crippen molar-refractivity contribution in [2.24, 2.45) is 5.41 Å². The lowest BCUT2D eigenvalue weighted by Gasteiger charge is -2.40. The SMILES string of the molecule is O=C(CC1(C(=O)O)CCCCC1)N(CCCO)C1CCC1. The number of hydrogen-bond donors (Lipinski definition) is 2. The molecule has 120 valence electrons. The zero-order valence-corrected chi connectivity index (χ0v) is 12.7. The summed E-state index contributed by atoms with van der Waals surface area (Å²) in [5, 5.41) is 18.6. The molecule has 2 fully saturated rings. The van der Waals surface area contributed by atoms with Crippen LogP contribution in [-0.2, 0) is 9.59 Å². The number of aliphatic carboxylic acids is 1. The molecule has 2 N–H and O–H groups in total. The minimum atomic E-state index is -0.851. The van der Waals surface area contributed by atoms with Gasteiger partial charge in [0.05, 0.1) is 5.41 Å². The number of carbonyl (C=O) groups is 2. The number of rotatable bonds is 7. The summed E-state index contributed by atoms with van der Waals surface area (Å²) < 4.78 is 0. The standard InChI is InChI=1S/C16H27NO4/c18-11-5-10-17(13-6-4-7-13)14(19)12-16(15(20)21)8-2-1-3-9-16/h13,18H,1-12H2,(H,20,21). The van der Waals surface area contributed by atoms with Gasteiger partial charge in [-0.1, -0.05) is 19.3 Å². The Hall–Kier alpha value is -1.10. The van der Waals surface area contributed by atoms with Gasteiger partial charge in [0.1, 0.15) is 0 Å². The van der Waals surface area contributed by atoms with E-state index in [1.807, 2.05) is 4.90 Å². The van der Waals surface area contributed by atoms with Crippen LogP contribution in [0.2, 0.25) is 0 Å². The van der Waals surface area contributed by atoms with Crippen molar-refractivity contribution in [3.8, 4) is 0 Å². The van der Waals surface area contributed by atoms with E-state index in [2.05, 4.69) is 0 Å². The van der Waals surface area contributed by atoms with Gasteiger partial charge in [-0.25, -0.2) is 0 Å². The highest BCUT2D eigenvalue weighted by Gasteiger charge is 2.43. The highest BCUT2D eigenvalue weighted by Crippen LogP contribution is 2.40. The van der Waals surface area contributed by atoms with E-state index < -0.39 is 11.4 Å². The highest BCUT2D eigenvalue weighted by atomic mass is 16.4. The summed E-state index contributed by atoms with van der Waals surface area (Å²) in [6.45, 7) is 0.621. The van der Waals surface area contributed by atoms with Crippen LogP contribution in [0.15, 0.2) is 0 Å². The maximum Gasteiger partial charge on any atom is 0.310 e. The Morgan fingerprint density at radius 3 is 2.24 bits per heavy atom. The first-order valence-corrected chi connectivity index (χ1v) is 8.23. The van der Waals surface area contributed by atoms with Gasteiger partial charge in [0.2, 0.25) is 5.91 Å². The van der Waals surface area contributed by atoms with E-state index in [1.54, 1.807) is 0 Å². The summed E-state index contributed by atoms with van der Waals surface area (Å²) in [6.07, 6.45) is 7.97. The second kappa shape index (κ2) is 7.25. The van der Waals surface area contributed by atoms with Gasteiger partial charge < -0.3 is 15.1 Å². The fourth-order valence-electron chi connectivity index (χ4n) is 3.54. The van der Waals surface area contributed by atoms with E-state index in [1.165, 1.54) is 0 Å². The van der Waals surface area contributed by atoms with Crippen LogP contribution in [0.25, 0.3) is 0 Å². The van der Waals surface area contributed by atoms with Crippen molar-refractivity contribution in [3.05, 3.63) is 0 Å². The van der Waals surface area contributed by atoms with Gasteiger partial charge in [-0.05, 0) is 38.5 Å². The quantitative estimate of drug-likeness (QED) is 0.755. The fourth-order valence-corrected chi connectivity index (χ4v) is 3.54. The van der Waals surface area contributed by atoms with Gasteiger partial charge in [0, 0.05) is 25.6 Å². The molecule has 1 amide bonds. The van der Waals surface area contributed by atoms with Crippen LogP contribution >= 0.6 is 0 Å². The summed E-state index contributed by atoms with van der Waals surface area (Å²) in [5.41, 5.74) is -0.851. The smallest absolute Gasteiger partial charge is 0.310 e. The first kappa shape index (κ1) is 16.3. The second-order valence-electron chi connectivity index (χ2n) is 6.57. The number of carboxylic acids is 1. The van der Waals surface area contributed by atoms with Gasteiger partial charge >= 0.3 is 5.97 Å². The maximum atomic E-state index is 12.6. The molecule has 0 aromatic carbocycles. The molecule has 0 atom stereocenters. The van der Waals surface area contributed by atoms with Crippen LogP contribution in [0, 0.1) is 5.41 Å². The number of aliphatic hydroxyl groups is 1. The zero-order valence-electron chi connectivity index (χ0n) is 12.7. The number of aliphatic hydroxyl groups excluding tert-OH is 1. The molecular weight excluding hydrogens is 270 g/mol. The van der Waals surface area contributed by atoms with Gasteiger partial charge in [-0.2, -0.15) is 0 Å². The molecule has 5 nitrogen and oxygen atoms in total. The Labute approximate surface area is 126 Å². The molecule has 0 saturated heterocycles. The Morgan fingerprint density at radius 1 is 1.10 bits per heavy atom. The predicted molar refractivity (Wildman–Crippen MR) is 78.8 cm³/mol. The Morgan fingerprint density at radius 2 is 1.76 bits per heavy atom. The number of nitrogens with zero attached hydrogens (tertiary/aromatic N) is 1. The van der Waals surface area contributed by atoms with Crippen molar-refractivity contribution < 1.29 is 19.8 Å². The molecule has 0 spiro atoms. The molecular formula is C16H27NO4. The average Bonchev–Trinajstić information content (AvgIpc) is 2.42. The van der Waals surface area contributed by atoms with Crippen LogP contribution in [-0.4, -0.2) is 46.2 Å². The van der Waals surface area contributed by atoms with Gasteiger partial charge in [-0.15, -0.1) is 0 Å². The molecule has 2 rings (SSSR count). The van der Waals surface area contributed by atoms with Crippen LogP contribution < -0.4 is 0 Å². The first-order chi connectivity index (χ1) is 10.1. The minimum absolute atomic E-state index is 0.0301. The Bertz CT molecular complexity index is 372. The molecule has 0 bridgehead atoms. The monoisotopic (exact) mass is 297 g/mol. The Balaban J connectivity index is 2.02. The molecule has 21 heavy (non-hydrogen) atoms. The van der Waals surface area contributed by atoms with E-state index in [-0.39, 0.29) is 25.0 Å². The summed E-state index contributed by atoms with van der Waals surface area (Å²) in [5.74, 6) is -0.844. The van der Waals surface area contributed by atoms with Crippen LogP contribution in [0.5, 0.6) is 0 Å². The third kappa shape index (κ3) is 3.76. The number of hydrogen-bond acceptors (Lipinski definition) is 3. The largest absolute Gasteiger partial charge is 0.481 e. The van der Waals surface area contributed by atoms with E-state index in [0.29, 0.717) is 25.8 Å². The van der Waals surface area contributed by atoms with E-state index >= 15 is 0 Å². The van der Waals surface area contributed by atoms with Crippen molar-refractivity contribution in [2.75, 3.05) is 13.2 Å². The minimum Gasteiger partial charge on any atom is -0.481 e. The fraction of sp³-hybridized carbons (Fsp3) is 0.875. The third-order valence-electron chi connectivity index (χ3n) is 5.15. The molecule has 5 heteroatoms. The molecule has 0 unspecified atom stereocenters. The highest BCUT2D eigenvalue weighted by molar-refractivity contribution is 5.85. The number of carboxylic acid groups (broad SMARTS) is 1. The van der Waals surface area contributed by atoms with Crippen molar-refractivity contribution in [2.45, 2.75) is 70.3 Å². The molecule has 2 aliphatic carbocycles. The lowest BCUT2D eigenvalue weighted by atomic mass is 9.71. The lowest BCUT2D eigenvalue weighted by molar-refractivity contribution is -0.157. The summed E-state index contributed by atoms with van der Waals surface area (Å²) in [6, 6.07) is 0.262.